The number of rotatable bonds is 4. The molecule has 102 valence electrons. The van der Waals surface area contributed by atoms with E-state index in [-0.39, 0.29) is 6.54 Å². The minimum absolute atomic E-state index is 0.237. The summed E-state index contributed by atoms with van der Waals surface area (Å²) in [7, 11) is 1.54. The highest BCUT2D eigenvalue weighted by molar-refractivity contribution is 9.09. The van der Waals surface area contributed by atoms with Crippen LogP contribution in [0, 0.1) is 5.82 Å². The molecule has 2 atom stereocenters. The molecule has 0 aromatic heterocycles. The average molecular weight is 328 g/mol. The maximum atomic E-state index is 13.5. The van der Waals surface area contributed by atoms with E-state index in [1.807, 2.05) is 0 Å². The second-order valence-corrected chi connectivity index (χ2v) is 5.25. The largest absolute Gasteiger partial charge is 0.402 e. The lowest BCUT2D eigenvalue weighted by atomic mass is 10.1. The molecular formula is C12H14BrF4N. The zero-order chi connectivity index (χ0) is 13.9. The first-order valence-corrected chi connectivity index (χ1v) is 6.30. The van der Waals surface area contributed by atoms with E-state index in [2.05, 4.69) is 15.9 Å². The Hall–Kier alpha value is -0.620. The summed E-state index contributed by atoms with van der Waals surface area (Å²) in [6.07, 6.45) is -4.30. The first-order chi connectivity index (χ1) is 8.23. The molecule has 0 aliphatic carbocycles. The zero-order valence-corrected chi connectivity index (χ0v) is 11.6. The normalized spacial score (nSPS) is 15.8. The number of hydrogen-bond donors (Lipinski definition) is 0. The molecule has 0 saturated heterocycles. The Morgan fingerprint density at radius 2 is 1.83 bits per heavy atom. The third-order valence-corrected chi connectivity index (χ3v) is 3.63. The monoisotopic (exact) mass is 327 g/mol. The highest BCUT2D eigenvalue weighted by Crippen LogP contribution is 2.29. The Morgan fingerprint density at radius 1 is 1.28 bits per heavy atom. The summed E-state index contributed by atoms with van der Waals surface area (Å²) in [6.45, 7) is 1.44. The summed E-state index contributed by atoms with van der Waals surface area (Å²) in [4.78, 5) is -0.157. The summed E-state index contributed by atoms with van der Waals surface area (Å²) in [5, 5.41) is 0. The highest BCUT2D eigenvalue weighted by atomic mass is 79.9. The summed E-state index contributed by atoms with van der Waals surface area (Å²) < 4.78 is 50.7. The Morgan fingerprint density at radius 3 is 2.33 bits per heavy atom. The molecule has 2 unspecified atom stereocenters. The Kier molecular flexibility index (Phi) is 5.16. The van der Waals surface area contributed by atoms with E-state index in [9.17, 15) is 17.6 Å². The van der Waals surface area contributed by atoms with Crippen molar-refractivity contribution in [1.29, 1.82) is 0 Å². The van der Waals surface area contributed by atoms with Crippen LogP contribution in [-0.4, -0.2) is 29.5 Å². The molecule has 0 fully saturated rings. The fraction of sp³-hybridized carbons (Fsp3) is 0.500. The van der Waals surface area contributed by atoms with Crippen LogP contribution in [-0.2, 0) is 0 Å². The van der Waals surface area contributed by atoms with Gasteiger partial charge in [-0.05, 0) is 20.0 Å². The Balaban J connectivity index is 2.73. The van der Waals surface area contributed by atoms with Crippen molar-refractivity contribution in [2.24, 2.45) is 0 Å². The second-order valence-electron chi connectivity index (χ2n) is 4.15. The SMILES string of the molecule is CC(c1ccccc1F)N(C)CC(Br)C(F)(F)F. The number of nitrogens with zero attached hydrogens (tertiary/aromatic N) is 1. The summed E-state index contributed by atoms with van der Waals surface area (Å²) in [6, 6.07) is 5.67. The zero-order valence-electron chi connectivity index (χ0n) is 10.0. The molecule has 6 heteroatoms. The van der Waals surface area contributed by atoms with E-state index in [1.165, 1.54) is 18.0 Å². The fourth-order valence-corrected chi connectivity index (χ4v) is 2.02. The van der Waals surface area contributed by atoms with Crippen LogP contribution in [0.2, 0.25) is 0 Å². The lowest BCUT2D eigenvalue weighted by molar-refractivity contribution is -0.130. The summed E-state index contributed by atoms with van der Waals surface area (Å²) >= 11 is 2.60. The number of halogens is 5. The molecule has 1 rings (SSSR count). The van der Waals surface area contributed by atoms with Crippen LogP contribution >= 0.6 is 15.9 Å². The predicted molar refractivity (Wildman–Crippen MR) is 66.2 cm³/mol. The lowest BCUT2D eigenvalue weighted by Crippen LogP contribution is -2.36. The number of alkyl halides is 4. The van der Waals surface area contributed by atoms with Gasteiger partial charge in [0.1, 0.15) is 10.6 Å². The van der Waals surface area contributed by atoms with Crippen molar-refractivity contribution in [3.8, 4) is 0 Å². The van der Waals surface area contributed by atoms with Crippen LogP contribution in [0.15, 0.2) is 24.3 Å². The molecule has 0 N–H and O–H groups in total. The van der Waals surface area contributed by atoms with Gasteiger partial charge in [-0.2, -0.15) is 13.2 Å². The minimum Gasteiger partial charge on any atom is -0.298 e. The van der Waals surface area contributed by atoms with Crippen molar-refractivity contribution in [2.45, 2.75) is 24.0 Å². The highest BCUT2D eigenvalue weighted by Gasteiger charge is 2.38. The van der Waals surface area contributed by atoms with Crippen LogP contribution < -0.4 is 0 Å². The van der Waals surface area contributed by atoms with Gasteiger partial charge in [0, 0.05) is 18.2 Å². The average Bonchev–Trinajstić information content (AvgIpc) is 2.27. The van der Waals surface area contributed by atoms with Crippen LogP contribution in [0.3, 0.4) is 0 Å². The van der Waals surface area contributed by atoms with Crippen LogP contribution in [0.4, 0.5) is 17.6 Å². The van der Waals surface area contributed by atoms with E-state index >= 15 is 0 Å². The van der Waals surface area contributed by atoms with Crippen LogP contribution in [0.1, 0.15) is 18.5 Å². The smallest absolute Gasteiger partial charge is 0.298 e. The van der Waals surface area contributed by atoms with E-state index in [1.54, 1.807) is 25.1 Å². The van der Waals surface area contributed by atoms with E-state index in [4.69, 9.17) is 0 Å². The van der Waals surface area contributed by atoms with Crippen molar-refractivity contribution in [3.05, 3.63) is 35.6 Å². The van der Waals surface area contributed by atoms with Gasteiger partial charge in [-0.3, -0.25) is 4.90 Å². The van der Waals surface area contributed by atoms with Crippen molar-refractivity contribution in [2.75, 3.05) is 13.6 Å². The fourth-order valence-electron chi connectivity index (χ4n) is 1.57. The molecule has 0 heterocycles. The molecule has 1 aromatic rings. The maximum Gasteiger partial charge on any atom is 0.402 e. The molecule has 1 nitrogen and oxygen atoms in total. The van der Waals surface area contributed by atoms with E-state index in [0.29, 0.717) is 5.56 Å². The van der Waals surface area contributed by atoms with Crippen LogP contribution in [0.5, 0.6) is 0 Å². The molecule has 0 saturated carbocycles. The van der Waals surface area contributed by atoms with Crippen LogP contribution in [0.25, 0.3) is 0 Å². The van der Waals surface area contributed by atoms with E-state index in [0.717, 1.165) is 0 Å². The van der Waals surface area contributed by atoms with E-state index < -0.39 is 22.9 Å². The van der Waals surface area contributed by atoms with Crippen molar-refractivity contribution < 1.29 is 17.6 Å². The van der Waals surface area contributed by atoms with Gasteiger partial charge in [-0.1, -0.05) is 34.1 Å². The third kappa shape index (κ3) is 3.95. The second kappa shape index (κ2) is 6.02. The molecule has 0 amide bonds. The van der Waals surface area contributed by atoms with Gasteiger partial charge in [0.05, 0.1) is 0 Å². The first-order valence-electron chi connectivity index (χ1n) is 5.39. The number of benzene rings is 1. The molecular weight excluding hydrogens is 314 g/mol. The van der Waals surface area contributed by atoms with Gasteiger partial charge in [-0.15, -0.1) is 0 Å². The van der Waals surface area contributed by atoms with Gasteiger partial charge < -0.3 is 0 Å². The van der Waals surface area contributed by atoms with Gasteiger partial charge in [0.25, 0.3) is 0 Å². The predicted octanol–water partition coefficient (Wildman–Crippen LogP) is 4.14. The summed E-state index contributed by atoms with van der Waals surface area (Å²) in [5.74, 6) is -0.407. The first kappa shape index (κ1) is 15.4. The lowest BCUT2D eigenvalue weighted by Gasteiger charge is -2.28. The third-order valence-electron chi connectivity index (χ3n) is 2.82. The van der Waals surface area contributed by atoms with Gasteiger partial charge in [0.2, 0.25) is 0 Å². The van der Waals surface area contributed by atoms with Crippen molar-refractivity contribution in [1.82, 2.24) is 4.90 Å². The Bertz CT molecular complexity index is 394. The van der Waals surface area contributed by atoms with Crippen molar-refractivity contribution >= 4 is 15.9 Å². The quantitative estimate of drug-likeness (QED) is 0.593. The van der Waals surface area contributed by atoms with Gasteiger partial charge in [0.15, 0.2) is 0 Å². The number of hydrogen-bond acceptors (Lipinski definition) is 1. The molecule has 1 aromatic carbocycles. The molecule has 18 heavy (non-hydrogen) atoms. The van der Waals surface area contributed by atoms with Gasteiger partial charge >= 0.3 is 6.18 Å². The standard InChI is InChI=1S/C12H14BrF4N/c1-8(9-5-3-4-6-10(9)14)18(2)7-11(13)12(15,16)17/h3-6,8,11H,7H2,1-2H3. The molecule has 0 radical (unpaired) electrons. The van der Waals surface area contributed by atoms with Crippen molar-refractivity contribution in [3.63, 3.8) is 0 Å². The molecule has 0 spiro atoms. The molecule has 0 bridgehead atoms. The topological polar surface area (TPSA) is 3.24 Å². The molecule has 0 aliphatic heterocycles. The minimum atomic E-state index is -4.30. The molecule has 0 aliphatic rings. The maximum absolute atomic E-state index is 13.5. The Labute approximate surface area is 112 Å². The summed E-state index contributed by atoms with van der Waals surface area (Å²) in [5.41, 5.74) is 0.391. The van der Waals surface area contributed by atoms with Gasteiger partial charge in [-0.25, -0.2) is 4.39 Å².